The minimum absolute atomic E-state index is 0.0739. The van der Waals surface area contributed by atoms with Crippen LogP contribution in [0.3, 0.4) is 0 Å². The first-order valence-corrected chi connectivity index (χ1v) is 18.4. The van der Waals surface area contributed by atoms with E-state index >= 15 is 0 Å². The zero-order chi connectivity index (χ0) is 39.4. The number of fused-ring (bicyclic) bond motifs is 2. The summed E-state index contributed by atoms with van der Waals surface area (Å²) >= 11 is 1.54. The number of alkyl halides is 3. The van der Waals surface area contributed by atoms with Gasteiger partial charge in [-0.2, -0.15) is 24.5 Å². The number of benzene rings is 5. The Labute approximate surface area is 319 Å². The van der Waals surface area contributed by atoms with Crippen molar-refractivity contribution >= 4 is 56.6 Å². The standard InChI is InChI=1S/C23H20F3NO3.C20H19NO3S/c24-23(25,26)18-10-8-15(9-11-18)12-19(14-22(29)30)27-21(28)13-17-6-3-5-16-4-1-2-7-20(16)17;22-19(11-15-7-8-25-13-15)21-18(12-20(23)24)10-14-5-6-16-3-1-2-4-17(16)9-14/h1-11,19H,12-14H2,(H,27,28)(H,29,30);1-9,13,18H,10-12H2,(H,21,22)(H,23,24)/t19-;18-/m01/s1. The van der Waals surface area contributed by atoms with Gasteiger partial charge in [0.2, 0.25) is 11.8 Å². The molecule has 0 unspecified atom stereocenters. The summed E-state index contributed by atoms with van der Waals surface area (Å²) in [7, 11) is 0. The van der Waals surface area contributed by atoms with Crippen molar-refractivity contribution in [3.63, 3.8) is 0 Å². The molecule has 2 amide bonds. The number of amides is 2. The van der Waals surface area contributed by atoms with Gasteiger partial charge in [-0.25, -0.2) is 0 Å². The highest BCUT2D eigenvalue weighted by atomic mass is 32.1. The Hall–Kier alpha value is -6.01. The lowest BCUT2D eigenvalue weighted by molar-refractivity contribution is -0.139. The summed E-state index contributed by atoms with van der Waals surface area (Å²) in [6.45, 7) is 0. The minimum Gasteiger partial charge on any atom is -0.481 e. The first kappa shape index (κ1) is 40.2. The number of thiophene rings is 1. The third-order valence-electron chi connectivity index (χ3n) is 8.81. The van der Waals surface area contributed by atoms with Crippen LogP contribution in [0.5, 0.6) is 0 Å². The van der Waals surface area contributed by atoms with Crippen LogP contribution < -0.4 is 10.6 Å². The molecule has 0 aliphatic carbocycles. The van der Waals surface area contributed by atoms with Crippen LogP contribution >= 0.6 is 11.3 Å². The molecule has 0 aliphatic heterocycles. The molecule has 1 heterocycles. The van der Waals surface area contributed by atoms with Crippen molar-refractivity contribution in [3.05, 3.63) is 154 Å². The Kier molecular flexibility index (Phi) is 13.8. The van der Waals surface area contributed by atoms with E-state index in [0.717, 1.165) is 50.4 Å². The van der Waals surface area contributed by atoms with Crippen LogP contribution in [-0.2, 0) is 51.0 Å². The van der Waals surface area contributed by atoms with Gasteiger partial charge in [0.1, 0.15) is 0 Å². The number of carboxylic acids is 2. The van der Waals surface area contributed by atoms with E-state index in [0.29, 0.717) is 12.0 Å². The maximum absolute atomic E-state index is 12.7. The summed E-state index contributed by atoms with van der Waals surface area (Å²) in [5.41, 5.74) is 2.51. The average Bonchev–Trinajstić information content (AvgIpc) is 3.64. The number of carbonyl (C=O) groups excluding carboxylic acids is 2. The molecular formula is C43H39F3N2O6S. The molecule has 6 aromatic rings. The van der Waals surface area contributed by atoms with E-state index in [1.807, 2.05) is 95.7 Å². The predicted octanol–water partition coefficient (Wildman–Crippen LogP) is 8.25. The zero-order valence-corrected chi connectivity index (χ0v) is 30.4. The Morgan fingerprint density at radius 1 is 0.600 bits per heavy atom. The molecule has 55 heavy (non-hydrogen) atoms. The number of aliphatic carboxylic acids is 2. The summed E-state index contributed by atoms with van der Waals surface area (Å²) in [4.78, 5) is 47.1. The van der Waals surface area contributed by atoms with Crippen LogP contribution in [0.1, 0.15) is 40.7 Å². The Morgan fingerprint density at radius 3 is 1.78 bits per heavy atom. The van der Waals surface area contributed by atoms with E-state index in [1.54, 1.807) is 11.3 Å². The first-order chi connectivity index (χ1) is 26.3. The second-order valence-corrected chi connectivity index (χ2v) is 13.9. The molecule has 12 heteroatoms. The van der Waals surface area contributed by atoms with Gasteiger partial charge in [0.05, 0.1) is 31.2 Å². The molecule has 0 aliphatic rings. The summed E-state index contributed by atoms with van der Waals surface area (Å²) in [6, 6.07) is 32.6. The molecular weight excluding hydrogens is 730 g/mol. The van der Waals surface area contributed by atoms with E-state index in [9.17, 15) is 32.3 Å². The number of hydrogen-bond donors (Lipinski definition) is 4. The third kappa shape index (κ3) is 12.5. The van der Waals surface area contributed by atoms with Crippen molar-refractivity contribution in [1.82, 2.24) is 10.6 Å². The number of carbonyl (C=O) groups is 4. The fraction of sp³-hybridized carbons (Fsp3) is 0.209. The van der Waals surface area contributed by atoms with E-state index in [1.165, 1.54) is 12.1 Å². The van der Waals surface area contributed by atoms with E-state index in [2.05, 4.69) is 16.7 Å². The quantitative estimate of drug-likeness (QED) is 0.0883. The van der Waals surface area contributed by atoms with Crippen LogP contribution in [-0.4, -0.2) is 46.0 Å². The van der Waals surface area contributed by atoms with Crippen molar-refractivity contribution in [2.45, 2.75) is 56.8 Å². The molecule has 4 N–H and O–H groups in total. The van der Waals surface area contributed by atoms with Gasteiger partial charge >= 0.3 is 18.1 Å². The molecule has 284 valence electrons. The number of halogens is 3. The van der Waals surface area contributed by atoms with Crippen molar-refractivity contribution in [2.24, 2.45) is 0 Å². The molecule has 8 nitrogen and oxygen atoms in total. The molecule has 0 radical (unpaired) electrons. The van der Waals surface area contributed by atoms with Crippen LogP contribution in [0.15, 0.2) is 126 Å². The van der Waals surface area contributed by atoms with Gasteiger partial charge in [-0.3, -0.25) is 19.2 Å². The van der Waals surface area contributed by atoms with Crippen LogP contribution in [0.25, 0.3) is 21.5 Å². The Morgan fingerprint density at radius 2 is 1.16 bits per heavy atom. The largest absolute Gasteiger partial charge is 0.481 e. The second-order valence-electron chi connectivity index (χ2n) is 13.1. The smallest absolute Gasteiger partial charge is 0.416 e. The highest BCUT2D eigenvalue weighted by Gasteiger charge is 2.30. The van der Waals surface area contributed by atoms with Gasteiger partial charge in [-0.1, -0.05) is 97.1 Å². The van der Waals surface area contributed by atoms with E-state index in [-0.39, 0.29) is 43.9 Å². The highest BCUT2D eigenvalue weighted by molar-refractivity contribution is 7.08. The molecule has 0 bridgehead atoms. The van der Waals surface area contributed by atoms with E-state index < -0.39 is 35.8 Å². The Balaban J connectivity index is 0.000000214. The van der Waals surface area contributed by atoms with Crippen molar-refractivity contribution < 1.29 is 42.6 Å². The Bertz CT molecular complexity index is 2230. The summed E-state index contributed by atoms with van der Waals surface area (Å²) in [6.07, 6.45) is -3.91. The van der Waals surface area contributed by atoms with Gasteiger partial charge in [-0.05, 0) is 85.6 Å². The van der Waals surface area contributed by atoms with Gasteiger partial charge < -0.3 is 20.8 Å². The fourth-order valence-electron chi connectivity index (χ4n) is 6.29. The summed E-state index contributed by atoms with van der Waals surface area (Å²) in [5, 5.41) is 31.9. The lowest BCUT2D eigenvalue weighted by Crippen LogP contribution is -2.39. The average molecular weight is 769 g/mol. The minimum atomic E-state index is -4.44. The molecule has 5 aromatic carbocycles. The topological polar surface area (TPSA) is 133 Å². The van der Waals surface area contributed by atoms with Gasteiger partial charge in [0.25, 0.3) is 0 Å². The number of hydrogen-bond acceptors (Lipinski definition) is 5. The molecule has 1 aromatic heterocycles. The lowest BCUT2D eigenvalue weighted by atomic mass is 9.99. The van der Waals surface area contributed by atoms with Gasteiger partial charge in [-0.15, -0.1) is 0 Å². The molecule has 0 saturated heterocycles. The van der Waals surface area contributed by atoms with Gasteiger partial charge in [0, 0.05) is 12.1 Å². The maximum Gasteiger partial charge on any atom is 0.416 e. The molecule has 0 spiro atoms. The normalized spacial score (nSPS) is 12.3. The van der Waals surface area contributed by atoms with Crippen molar-refractivity contribution in [1.29, 1.82) is 0 Å². The first-order valence-electron chi connectivity index (χ1n) is 17.5. The van der Waals surface area contributed by atoms with Crippen LogP contribution in [0.4, 0.5) is 13.2 Å². The van der Waals surface area contributed by atoms with Gasteiger partial charge in [0.15, 0.2) is 0 Å². The van der Waals surface area contributed by atoms with E-state index in [4.69, 9.17) is 10.2 Å². The van der Waals surface area contributed by atoms with Crippen LogP contribution in [0, 0.1) is 0 Å². The SMILES string of the molecule is O=C(O)C[C@@H](Cc1ccc2ccccc2c1)NC(=O)Cc1ccsc1.O=C(O)C[C@H](Cc1ccc(C(F)(F)F)cc1)NC(=O)Cc1cccc2ccccc12. The number of carboxylic acid groups (broad SMARTS) is 2. The molecule has 0 saturated carbocycles. The monoisotopic (exact) mass is 768 g/mol. The van der Waals surface area contributed by atoms with Crippen LogP contribution in [0.2, 0.25) is 0 Å². The number of rotatable bonds is 14. The zero-order valence-electron chi connectivity index (χ0n) is 29.6. The third-order valence-corrected chi connectivity index (χ3v) is 9.54. The molecule has 6 rings (SSSR count). The highest BCUT2D eigenvalue weighted by Crippen LogP contribution is 2.29. The van der Waals surface area contributed by atoms with Crippen molar-refractivity contribution in [2.75, 3.05) is 0 Å². The maximum atomic E-state index is 12.7. The molecule has 0 fully saturated rings. The second kappa shape index (κ2) is 18.8. The summed E-state index contributed by atoms with van der Waals surface area (Å²) < 4.78 is 38.1. The lowest BCUT2D eigenvalue weighted by Gasteiger charge is -2.18. The summed E-state index contributed by atoms with van der Waals surface area (Å²) in [5.74, 6) is -2.51. The predicted molar refractivity (Wildman–Crippen MR) is 207 cm³/mol. The fourth-order valence-corrected chi connectivity index (χ4v) is 6.96. The van der Waals surface area contributed by atoms with Crippen molar-refractivity contribution in [3.8, 4) is 0 Å². The number of nitrogens with one attached hydrogen (secondary N) is 2. The molecule has 2 atom stereocenters.